The third-order valence-corrected chi connectivity index (χ3v) is 4.59. The van der Waals surface area contributed by atoms with Crippen molar-refractivity contribution >= 4 is 23.4 Å². The molecular formula is C21H23N3O6. The molecule has 0 saturated carbocycles. The topological polar surface area (TPSA) is 106 Å². The molecule has 0 spiro atoms. The minimum Gasteiger partial charge on any atom is -0.497 e. The maximum Gasteiger partial charge on any atom is 0.251 e. The second kappa shape index (κ2) is 9.17. The summed E-state index contributed by atoms with van der Waals surface area (Å²) in [5.74, 6) is 0.596. The lowest BCUT2D eigenvalue weighted by molar-refractivity contribution is -0.137. The minimum atomic E-state index is -0.928. The van der Waals surface area contributed by atoms with Gasteiger partial charge in [-0.1, -0.05) is 12.1 Å². The van der Waals surface area contributed by atoms with Crippen LogP contribution in [0, 0.1) is 0 Å². The maximum absolute atomic E-state index is 13.2. The highest BCUT2D eigenvalue weighted by molar-refractivity contribution is 5.98. The lowest BCUT2D eigenvalue weighted by atomic mass is 10.0. The Morgan fingerprint density at radius 3 is 2.47 bits per heavy atom. The van der Waals surface area contributed by atoms with E-state index in [1.165, 1.54) is 18.9 Å². The molecule has 0 aromatic heterocycles. The van der Waals surface area contributed by atoms with Crippen LogP contribution in [-0.4, -0.2) is 50.1 Å². The molecule has 2 N–H and O–H groups in total. The van der Waals surface area contributed by atoms with E-state index in [4.69, 9.17) is 14.2 Å². The largest absolute Gasteiger partial charge is 0.497 e. The van der Waals surface area contributed by atoms with Crippen LogP contribution in [-0.2, 0) is 14.4 Å². The number of fused-ring (bicyclic) bond motifs is 1. The zero-order chi connectivity index (χ0) is 21.7. The van der Waals surface area contributed by atoms with E-state index in [0.717, 1.165) is 0 Å². The molecule has 1 aliphatic rings. The van der Waals surface area contributed by atoms with Crippen molar-refractivity contribution in [3.8, 4) is 17.2 Å². The molecule has 9 nitrogen and oxygen atoms in total. The number of anilines is 1. The number of nitrogens with zero attached hydrogens (tertiary/aromatic N) is 1. The zero-order valence-corrected chi connectivity index (χ0v) is 16.9. The van der Waals surface area contributed by atoms with Crippen LogP contribution in [0.15, 0.2) is 42.5 Å². The van der Waals surface area contributed by atoms with E-state index >= 15 is 0 Å². The van der Waals surface area contributed by atoms with Crippen molar-refractivity contribution in [1.29, 1.82) is 0 Å². The summed E-state index contributed by atoms with van der Waals surface area (Å²) in [6.07, 6.45) is 0. The third-order valence-electron chi connectivity index (χ3n) is 4.59. The maximum atomic E-state index is 13.2. The molecule has 158 valence electrons. The molecule has 2 aromatic carbocycles. The molecule has 30 heavy (non-hydrogen) atoms. The molecule has 1 heterocycles. The Kier molecular flexibility index (Phi) is 6.41. The second-order valence-corrected chi connectivity index (χ2v) is 6.65. The molecule has 0 saturated heterocycles. The van der Waals surface area contributed by atoms with Crippen molar-refractivity contribution in [1.82, 2.24) is 10.2 Å². The smallest absolute Gasteiger partial charge is 0.251 e. The van der Waals surface area contributed by atoms with Crippen LogP contribution in [0.1, 0.15) is 18.5 Å². The van der Waals surface area contributed by atoms with Gasteiger partial charge in [0.15, 0.2) is 11.5 Å². The van der Waals surface area contributed by atoms with Gasteiger partial charge in [0, 0.05) is 25.7 Å². The first kappa shape index (κ1) is 21.0. The number of hydrogen-bond donors (Lipinski definition) is 2. The second-order valence-electron chi connectivity index (χ2n) is 6.65. The van der Waals surface area contributed by atoms with Gasteiger partial charge in [-0.15, -0.1) is 0 Å². The van der Waals surface area contributed by atoms with Gasteiger partial charge in [0.2, 0.25) is 18.6 Å². The first-order valence-corrected chi connectivity index (χ1v) is 9.23. The summed E-state index contributed by atoms with van der Waals surface area (Å²) >= 11 is 0. The van der Waals surface area contributed by atoms with Crippen molar-refractivity contribution in [2.45, 2.75) is 13.0 Å². The average Bonchev–Trinajstić information content (AvgIpc) is 3.20. The number of rotatable bonds is 7. The monoisotopic (exact) mass is 413 g/mol. The first-order valence-electron chi connectivity index (χ1n) is 9.23. The van der Waals surface area contributed by atoms with Gasteiger partial charge in [-0.25, -0.2) is 0 Å². The lowest BCUT2D eigenvalue weighted by Crippen LogP contribution is -2.43. The molecule has 1 atom stereocenters. The fourth-order valence-corrected chi connectivity index (χ4v) is 2.99. The summed E-state index contributed by atoms with van der Waals surface area (Å²) < 4.78 is 15.8. The van der Waals surface area contributed by atoms with Gasteiger partial charge in [0.25, 0.3) is 5.91 Å². The highest BCUT2D eigenvalue weighted by atomic mass is 16.7. The molecule has 0 aliphatic carbocycles. The number of amides is 3. The van der Waals surface area contributed by atoms with Gasteiger partial charge in [-0.3, -0.25) is 14.4 Å². The summed E-state index contributed by atoms with van der Waals surface area (Å²) in [5, 5.41) is 5.27. The number of nitrogens with one attached hydrogen (secondary N) is 2. The van der Waals surface area contributed by atoms with Gasteiger partial charge < -0.3 is 29.7 Å². The van der Waals surface area contributed by atoms with Crippen LogP contribution in [0.25, 0.3) is 0 Å². The molecule has 3 rings (SSSR count). The number of ether oxygens (including phenoxy) is 3. The van der Waals surface area contributed by atoms with Crippen LogP contribution in [0.2, 0.25) is 0 Å². The average molecular weight is 413 g/mol. The quantitative estimate of drug-likeness (QED) is 0.716. The fourth-order valence-electron chi connectivity index (χ4n) is 2.99. The highest BCUT2D eigenvalue weighted by Gasteiger charge is 2.29. The Morgan fingerprint density at radius 1 is 1.10 bits per heavy atom. The van der Waals surface area contributed by atoms with E-state index in [-0.39, 0.29) is 19.2 Å². The number of methoxy groups -OCH3 is 1. The number of hydrogen-bond acceptors (Lipinski definition) is 6. The Morgan fingerprint density at radius 2 is 1.80 bits per heavy atom. The van der Waals surface area contributed by atoms with Crippen molar-refractivity contribution in [2.75, 3.05) is 32.8 Å². The van der Waals surface area contributed by atoms with Crippen molar-refractivity contribution in [3.63, 3.8) is 0 Å². The van der Waals surface area contributed by atoms with Crippen LogP contribution in [0.3, 0.4) is 0 Å². The normalized spacial score (nSPS) is 12.6. The molecule has 2 aromatic rings. The van der Waals surface area contributed by atoms with Crippen LogP contribution >= 0.6 is 0 Å². The molecule has 0 radical (unpaired) electrons. The molecule has 3 amide bonds. The van der Waals surface area contributed by atoms with Crippen molar-refractivity contribution in [3.05, 3.63) is 48.0 Å². The Hall–Kier alpha value is -3.75. The fraction of sp³-hybridized carbons (Fsp3) is 0.286. The predicted molar refractivity (Wildman–Crippen MR) is 108 cm³/mol. The minimum absolute atomic E-state index is 0.127. The van der Waals surface area contributed by atoms with Crippen LogP contribution in [0.4, 0.5) is 5.69 Å². The molecule has 0 fully saturated rings. The van der Waals surface area contributed by atoms with Gasteiger partial charge in [-0.05, 0) is 29.8 Å². The standard InChI is InChI=1S/C21H23N3O6/c1-13(25)22-11-19(26)24(2)20(14-4-7-16(28-3)8-5-14)21(27)23-15-6-9-17-18(10-15)30-12-29-17/h4-10,20H,11-12H2,1-3H3,(H,22,25)(H,23,27)/t20-/m1/s1. The zero-order valence-electron chi connectivity index (χ0n) is 16.9. The molecule has 0 unspecified atom stereocenters. The van der Waals surface area contributed by atoms with Gasteiger partial charge in [0.05, 0.1) is 13.7 Å². The van der Waals surface area contributed by atoms with E-state index in [0.29, 0.717) is 28.5 Å². The number of likely N-dealkylation sites (N-methyl/N-ethyl adjacent to an activating group) is 1. The van der Waals surface area contributed by atoms with Gasteiger partial charge in [-0.2, -0.15) is 0 Å². The van der Waals surface area contributed by atoms with Gasteiger partial charge in [0.1, 0.15) is 11.8 Å². The van der Waals surface area contributed by atoms with E-state index < -0.39 is 17.9 Å². The lowest BCUT2D eigenvalue weighted by Gasteiger charge is -2.28. The predicted octanol–water partition coefficient (Wildman–Crippen LogP) is 1.70. The van der Waals surface area contributed by atoms with Crippen molar-refractivity contribution in [2.24, 2.45) is 0 Å². The molecule has 9 heteroatoms. The molecule has 0 bridgehead atoms. The summed E-state index contributed by atoms with van der Waals surface area (Å²) in [5.41, 5.74) is 1.10. The Balaban J connectivity index is 1.84. The number of carbonyl (C=O) groups is 3. The van der Waals surface area contributed by atoms with Crippen molar-refractivity contribution < 1.29 is 28.6 Å². The van der Waals surface area contributed by atoms with Crippen LogP contribution in [0.5, 0.6) is 17.2 Å². The van der Waals surface area contributed by atoms with Crippen LogP contribution < -0.4 is 24.8 Å². The molecular weight excluding hydrogens is 390 g/mol. The van der Waals surface area contributed by atoms with E-state index in [9.17, 15) is 14.4 Å². The number of carbonyl (C=O) groups excluding carboxylic acids is 3. The first-order chi connectivity index (χ1) is 14.4. The van der Waals surface area contributed by atoms with E-state index in [2.05, 4.69) is 10.6 Å². The van der Waals surface area contributed by atoms with E-state index in [1.54, 1.807) is 49.6 Å². The Bertz CT molecular complexity index is 944. The van der Waals surface area contributed by atoms with E-state index in [1.807, 2.05) is 0 Å². The summed E-state index contributed by atoms with van der Waals surface area (Å²) in [7, 11) is 3.06. The number of benzene rings is 2. The van der Waals surface area contributed by atoms with Gasteiger partial charge >= 0.3 is 0 Å². The summed E-state index contributed by atoms with van der Waals surface area (Å²) in [6.45, 7) is 1.23. The highest BCUT2D eigenvalue weighted by Crippen LogP contribution is 2.34. The molecule has 1 aliphatic heterocycles. The summed E-state index contributed by atoms with van der Waals surface area (Å²) in [4.78, 5) is 38.2. The Labute approximate surface area is 173 Å². The summed E-state index contributed by atoms with van der Waals surface area (Å²) in [6, 6.07) is 11.0. The third kappa shape index (κ3) is 4.80. The SMILES string of the molecule is COc1ccc([C@H](C(=O)Nc2ccc3c(c2)OCO3)N(C)C(=O)CNC(C)=O)cc1.